The van der Waals surface area contributed by atoms with Crippen molar-refractivity contribution in [3.8, 4) is 11.1 Å². The summed E-state index contributed by atoms with van der Waals surface area (Å²) in [4.78, 5) is 38.3. The Balaban J connectivity index is 1.73. The van der Waals surface area contributed by atoms with Crippen molar-refractivity contribution in [3.63, 3.8) is 0 Å². The van der Waals surface area contributed by atoms with E-state index in [4.69, 9.17) is 9.47 Å². The van der Waals surface area contributed by atoms with Crippen LogP contribution in [0.2, 0.25) is 0 Å². The number of hydrogen-bond acceptors (Lipinski definition) is 5. The number of likely N-dealkylation sites (N-methyl/N-ethyl adjacent to an activating group) is 1. The topological polar surface area (TPSA) is 105 Å². The number of nitrogens with one attached hydrogen (secondary N) is 1. The van der Waals surface area contributed by atoms with Gasteiger partial charge in [-0.3, -0.25) is 4.79 Å². The fourth-order valence-electron chi connectivity index (χ4n) is 4.16. The lowest BCUT2D eigenvalue weighted by atomic mass is 9.97. The van der Waals surface area contributed by atoms with Crippen LogP contribution in [0.1, 0.15) is 44.2 Å². The van der Waals surface area contributed by atoms with Crippen LogP contribution in [-0.2, 0) is 19.1 Å². The van der Waals surface area contributed by atoms with Crippen molar-refractivity contribution < 1.29 is 29.0 Å². The standard InChI is InChI=1S/C26H32N2O6/c1-16(24(30)31)28(4)23(29)22(14-26(2,3)33-5)27-25(32)34-15-21-19-12-8-6-10-17(19)18-11-7-9-13-20(18)21/h6-13,16,21-22H,14-15H2,1-5H3,(H,27,32)(H,30,31). The molecule has 8 nitrogen and oxygen atoms in total. The molecule has 8 heteroatoms. The van der Waals surface area contributed by atoms with Crippen molar-refractivity contribution in [1.82, 2.24) is 10.2 Å². The summed E-state index contributed by atoms with van der Waals surface area (Å²) in [7, 11) is 2.91. The van der Waals surface area contributed by atoms with Crippen LogP contribution in [0.5, 0.6) is 0 Å². The molecule has 0 saturated heterocycles. The van der Waals surface area contributed by atoms with Gasteiger partial charge in [0.05, 0.1) is 5.60 Å². The monoisotopic (exact) mass is 468 g/mol. The summed E-state index contributed by atoms with van der Waals surface area (Å²) in [6.07, 6.45) is -0.605. The number of carbonyl (C=O) groups is 3. The lowest BCUT2D eigenvalue weighted by Crippen LogP contribution is -2.53. The predicted molar refractivity (Wildman–Crippen MR) is 128 cm³/mol. The first-order valence-electron chi connectivity index (χ1n) is 11.2. The van der Waals surface area contributed by atoms with Crippen LogP contribution >= 0.6 is 0 Å². The molecule has 2 atom stereocenters. The first-order chi connectivity index (χ1) is 16.1. The maximum absolute atomic E-state index is 13.0. The molecule has 0 radical (unpaired) electrons. The number of carboxylic acids is 1. The number of aliphatic carboxylic acids is 1. The first kappa shape index (κ1) is 25.2. The number of carbonyl (C=O) groups excluding carboxylic acids is 2. The zero-order valence-corrected chi connectivity index (χ0v) is 20.2. The minimum atomic E-state index is -1.14. The van der Waals surface area contributed by atoms with E-state index in [1.807, 2.05) is 36.4 Å². The van der Waals surface area contributed by atoms with E-state index in [9.17, 15) is 19.5 Å². The van der Waals surface area contributed by atoms with E-state index in [-0.39, 0.29) is 18.9 Å². The normalized spacial score (nSPS) is 14.5. The Morgan fingerprint density at radius 2 is 1.59 bits per heavy atom. The Bertz CT molecular complexity index is 1020. The van der Waals surface area contributed by atoms with Crippen LogP contribution in [0.25, 0.3) is 11.1 Å². The van der Waals surface area contributed by atoms with E-state index in [2.05, 4.69) is 17.4 Å². The van der Waals surface area contributed by atoms with Gasteiger partial charge in [0, 0.05) is 26.5 Å². The van der Waals surface area contributed by atoms with Crippen molar-refractivity contribution >= 4 is 18.0 Å². The fourth-order valence-corrected chi connectivity index (χ4v) is 4.16. The maximum Gasteiger partial charge on any atom is 0.407 e. The molecular weight excluding hydrogens is 436 g/mol. The second-order valence-corrected chi connectivity index (χ2v) is 9.15. The molecule has 0 spiro atoms. The van der Waals surface area contributed by atoms with Crippen LogP contribution in [-0.4, -0.2) is 66.4 Å². The molecule has 3 rings (SSSR count). The summed E-state index contributed by atoms with van der Waals surface area (Å²) >= 11 is 0. The number of ether oxygens (including phenoxy) is 2. The summed E-state index contributed by atoms with van der Waals surface area (Å²) in [6.45, 7) is 5.09. The molecule has 2 unspecified atom stereocenters. The van der Waals surface area contributed by atoms with Crippen LogP contribution in [0.3, 0.4) is 0 Å². The zero-order chi connectivity index (χ0) is 25.0. The lowest BCUT2D eigenvalue weighted by Gasteiger charge is -2.32. The minimum absolute atomic E-state index is 0.107. The number of fused-ring (bicyclic) bond motifs is 3. The quantitative estimate of drug-likeness (QED) is 0.582. The number of benzene rings is 2. The number of rotatable bonds is 9. The number of carboxylic acid groups (broad SMARTS) is 1. The summed E-state index contributed by atoms with van der Waals surface area (Å²) in [6, 6.07) is 14.0. The fraction of sp³-hybridized carbons (Fsp3) is 0.423. The highest BCUT2D eigenvalue weighted by Gasteiger charge is 2.35. The van der Waals surface area contributed by atoms with Crippen molar-refractivity contribution in [3.05, 3.63) is 59.7 Å². The highest BCUT2D eigenvalue weighted by Crippen LogP contribution is 2.44. The molecule has 1 aliphatic rings. The van der Waals surface area contributed by atoms with E-state index in [1.54, 1.807) is 13.8 Å². The number of nitrogens with zero attached hydrogens (tertiary/aromatic N) is 1. The van der Waals surface area contributed by atoms with Gasteiger partial charge in [0.25, 0.3) is 0 Å². The average molecular weight is 469 g/mol. The minimum Gasteiger partial charge on any atom is -0.480 e. The molecule has 0 saturated carbocycles. The van der Waals surface area contributed by atoms with Crippen molar-refractivity contribution in [1.29, 1.82) is 0 Å². The third kappa shape index (κ3) is 5.39. The van der Waals surface area contributed by atoms with Crippen LogP contribution in [0.15, 0.2) is 48.5 Å². The van der Waals surface area contributed by atoms with E-state index in [0.29, 0.717) is 0 Å². The Morgan fingerprint density at radius 3 is 2.09 bits per heavy atom. The SMILES string of the molecule is COC(C)(C)CC(NC(=O)OCC1c2ccccc2-c2ccccc21)C(=O)N(C)C(C)C(=O)O. The molecule has 0 heterocycles. The van der Waals surface area contributed by atoms with Gasteiger partial charge in [0.15, 0.2) is 0 Å². The van der Waals surface area contributed by atoms with Gasteiger partial charge in [0.1, 0.15) is 18.7 Å². The highest BCUT2D eigenvalue weighted by atomic mass is 16.5. The lowest BCUT2D eigenvalue weighted by molar-refractivity contribution is -0.149. The molecule has 0 aromatic heterocycles. The largest absolute Gasteiger partial charge is 0.480 e. The van der Waals surface area contributed by atoms with Crippen molar-refractivity contribution in [2.45, 2.75) is 50.8 Å². The van der Waals surface area contributed by atoms with Gasteiger partial charge >= 0.3 is 12.1 Å². The maximum atomic E-state index is 13.0. The smallest absolute Gasteiger partial charge is 0.407 e. The van der Waals surface area contributed by atoms with Crippen LogP contribution < -0.4 is 5.32 Å². The number of methoxy groups -OCH3 is 1. The zero-order valence-electron chi connectivity index (χ0n) is 20.2. The first-order valence-corrected chi connectivity index (χ1v) is 11.2. The van der Waals surface area contributed by atoms with Gasteiger partial charge in [-0.15, -0.1) is 0 Å². The average Bonchev–Trinajstić information content (AvgIpc) is 3.14. The van der Waals surface area contributed by atoms with Crippen molar-refractivity contribution in [2.24, 2.45) is 0 Å². The van der Waals surface area contributed by atoms with Gasteiger partial charge in [-0.2, -0.15) is 0 Å². The van der Waals surface area contributed by atoms with Gasteiger partial charge in [0.2, 0.25) is 5.91 Å². The molecule has 0 fully saturated rings. The molecule has 2 aromatic carbocycles. The van der Waals surface area contributed by atoms with E-state index in [1.165, 1.54) is 21.1 Å². The Hall–Kier alpha value is -3.39. The van der Waals surface area contributed by atoms with Gasteiger partial charge < -0.3 is 24.8 Å². The Morgan fingerprint density at radius 1 is 1.06 bits per heavy atom. The second kappa shape index (κ2) is 10.3. The second-order valence-electron chi connectivity index (χ2n) is 9.15. The summed E-state index contributed by atoms with van der Waals surface area (Å²) < 4.78 is 11.0. The van der Waals surface area contributed by atoms with Gasteiger partial charge in [-0.1, -0.05) is 48.5 Å². The third-order valence-electron chi connectivity index (χ3n) is 6.47. The van der Waals surface area contributed by atoms with E-state index >= 15 is 0 Å². The number of hydrogen-bond donors (Lipinski definition) is 2. The van der Waals surface area contributed by atoms with Gasteiger partial charge in [-0.25, -0.2) is 9.59 Å². The Kier molecular flexibility index (Phi) is 7.61. The molecule has 0 bridgehead atoms. The summed E-state index contributed by atoms with van der Waals surface area (Å²) in [5, 5.41) is 11.9. The molecule has 34 heavy (non-hydrogen) atoms. The van der Waals surface area contributed by atoms with Crippen LogP contribution in [0.4, 0.5) is 4.79 Å². The molecule has 0 aliphatic heterocycles. The van der Waals surface area contributed by atoms with E-state index in [0.717, 1.165) is 27.2 Å². The van der Waals surface area contributed by atoms with Gasteiger partial charge in [-0.05, 0) is 43.0 Å². The molecule has 182 valence electrons. The third-order valence-corrected chi connectivity index (χ3v) is 6.47. The van der Waals surface area contributed by atoms with Crippen molar-refractivity contribution in [2.75, 3.05) is 20.8 Å². The summed E-state index contributed by atoms with van der Waals surface area (Å²) in [5.74, 6) is -1.78. The molecular formula is C26H32N2O6. The van der Waals surface area contributed by atoms with E-state index < -0.39 is 35.7 Å². The predicted octanol–water partition coefficient (Wildman–Crippen LogP) is 3.64. The number of amides is 2. The molecule has 2 N–H and O–H groups in total. The molecule has 1 aliphatic carbocycles. The molecule has 2 aromatic rings. The molecule has 2 amide bonds. The summed E-state index contributed by atoms with van der Waals surface area (Å²) in [5.41, 5.74) is 3.67. The number of alkyl carbamates (subject to hydrolysis) is 1. The Labute approximate surface area is 199 Å². The highest BCUT2D eigenvalue weighted by molar-refractivity contribution is 5.89. The van der Waals surface area contributed by atoms with Crippen LogP contribution in [0, 0.1) is 0 Å².